The van der Waals surface area contributed by atoms with Crippen LogP contribution in [0.25, 0.3) is 0 Å². The topological polar surface area (TPSA) is 80.5 Å². The molecule has 1 aromatic carbocycles. The van der Waals surface area contributed by atoms with Gasteiger partial charge in [0.05, 0.1) is 19.8 Å². The van der Waals surface area contributed by atoms with Gasteiger partial charge in [0, 0.05) is 0 Å². The molecule has 0 saturated heterocycles. The summed E-state index contributed by atoms with van der Waals surface area (Å²) in [6.07, 6.45) is 4.81. The van der Waals surface area contributed by atoms with Crippen LogP contribution in [0.4, 0.5) is 0 Å². The summed E-state index contributed by atoms with van der Waals surface area (Å²) in [5.74, 6) is 0.433. The average Bonchev–Trinajstić information content (AvgIpc) is 2.97. The molecule has 1 aliphatic carbocycles. The lowest BCUT2D eigenvalue weighted by atomic mass is 10.2. The normalized spacial score (nSPS) is 15.5. The predicted octanol–water partition coefficient (Wildman–Crippen LogP) is 3.05. The lowest BCUT2D eigenvalue weighted by Crippen LogP contribution is -2.11. The van der Waals surface area contributed by atoms with Gasteiger partial charge in [0.25, 0.3) is 0 Å². The van der Waals surface area contributed by atoms with Gasteiger partial charge in [0.1, 0.15) is 0 Å². The highest BCUT2D eigenvalue weighted by molar-refractivity contribution is 5.69. The van der Waals surface area contributed by atoms with Gasteiger partial charge in [0.2, 0.25) is 0 Å². The molecule has 6 heteroatoms. The molecule has 0 radical (unpaired) electrons. The highest BCUT2D eigenvalue weighted by atomic mass is 16.5. The van der Waals surface area contributed by atoms with E-state index in [4.69, 9.17) is 14.6 Å². The maximum atomic E-state index is 10.4. The minimum absolute atomic E-state index is 0.253. The van der Waals surface area contributed by atoms with E-state index in [2.05, 4.69) is 10.2 Å². The van der Waals surface area contributed by atoms with E-state index in [9.17, 15) is 4.79 Å². The summed E-state index contributed by atoms with van der Waals surface area (Å²) in [5.41, 5.74) is 0.915. The fourth-order valence-electron chi connectivity index (χ4n) is 2.34. The van der Waals surface area contributed by atoms with E-state index in [1.807, 2.05) is 18.2 Å². The van der Waals surface area contributed by atoms with Crippen LogP contribution in [-0.2, 0) is 11.3 Å². The first kappa shape index (κ1) is 15.3. The van der Waals surface area contributed by atoms with Crippen LogP contribution in [0.15, 0.2) is 28.4 Å². The van der Waals surface area contributed by atoms with Gasteiger partial charge in [-0.1, -0.05) is 6.07 Å². The van der Waals surface area contributed by atoms with Gasteiger partial charge in [-0.15, -0.1) is 0 Å². The number of carboxylic acid groups (broad SMARTS) is 1. The van der Waals surface area contributed by atoms with Crippen molar-refractivity contribution in [3.8, 4) is 11.5 Å². The molecule has 2 rings (SSSR count). The highest BCUT2D eigenvalue weighted by Gasteiger charge is 2.18. The Morgan fingerprint density at radius 2 is 2.05 bits per heavy atom. The van der Waals surface area contributed by atoms with Crippen molar-refractivity contribution in [1.29, 1.82) is 0 Å². The van der Waals surface area contributed by atoms with Crippen molar-refractivity contribution in [3.05, 3.63) is 23.8 Å². The van der Waals surface area contributed by atoms with Crippen molar-refractivity contribution in [2.24, 2.45) is 10.2 Å². The van der Waals surface area contributed by atoms with Gasteiger partial charge in [-0.2, -0.15) is 10.2 Å². The summed E-state index contributed by atoms with van der Waals surface area (Å²) in [6.45, 7) is 0.0277. The number of hydrogen-bond donors (Lipinski definition) is 1. The maximum absolute atomic E-state index is 10.4. The van der Waals surface area contributed by atoms with E-state index in [1.165, 1.54) is 12.8 Å². The van der Waals surface area contributed by atoms with Crippen LogP contribution >= 0.6 is 0 Å². The van der Waals surface area contributed by atoms with E-state index in [0.29, 0.717) is 12.3 Å². The number of benzene rings is 1. The lowest BCUT2D eigenvalue weighted by molar-refractivity contribution is -0.135. The second kappa shape index (κ2) is 7.61. The number of azo groups is 1. The van der Waals surface area contributed by atoms with Crippen molar-refractivity contribution in [2.45, 2.75) is 38.3 Å². The minimum Gasteiger partial charge on any atom is -0.493 e. The van der Waals surface area contributed by atoms with Gasteiger partial charge >= 0.3 is 5.97 Å². The van der Waals surface area contributed by atoms with Gasteiger partial charge in [-0.3, -0.25) is 4.79 Å². The lowest BCUT2D eigenvalue weighted by Gasteiger charge is -2.16. The molecule has 0 heterocycles. The zero-order chi connectivity index (χ0) is 15.1. The number of nitrogens with zero attached hydrogens (tertiary/aromatic N) is 2. The molecule has 114 valence electrons. The van der Waals surface area contributed by atoms with E-state index < -0.39 is 5.97 Å². The number of methoxy groups -OCH3 is 1. The fourth-order valence-corrected chi connectivity index (χ4v) is 2.34. The summed E-state index contributed by atoms with van der Waals surface area (Å²) in [7, 11) is 1.61. The molecule has 1 fully saturated rings. The number of rotatable bonds is 7. The van der Waals surface area contributed by atoms with Crippen molar-refractivity contribution < 1.29 is 19.4 Å². The molecule has 1 saturated carbocycles. The van der Waals surface area contributed by atoms with Crippen LogP contribution in [0.5, 0.6) is 11.5 Å². The molecule has 1 N–H and O–H groups in total. The molecule has 0 unspecified atom stereocenters. The Bertz CT molecular complexity index is 510. The van der Waals surface area contributed by atoms with Gasteiger partial charge in [-0.25, -0.2) is 0 Å². The SMILES string of the molecule is COc1ccc(CN=NCC(=O)O)cc1OC1CCCC1. The molecule has 0 amide bonds. The summed E-state index contributed by atoms with van der Waals surface area (Å²) >= 11 is 0. The Kier molecular flexibility index (Phi) is 5.54. The fraction of sp³-hybridized carbons (Fsp3) is 0.533. The van der Waals surface area contributed by atoms with Crippen molar-refractivity contribution in [2.75, 3.05) is 13.7 Å². The second-order valence-corrected chi connectivity index (χ2v) is 5.00. The third kappa shape index (κ3) is 4.73. The van der Waals surface area contributed by atoms with Crippen molar-refractivity contribution in [1.82, 2.24) is 0 Å². The number of aliphatic carboxylic acids is 1. The number of carbonyl (C=O) groups is 1. The summed E-state index contributed by atoms with van der Waals surface area (Å²) < 4.78 is 11.3. The van der Waals surface area contributed by atoms with Crippen molar-refractivity contribution >= 4 is 5.97 Å². The Morgan fingerprint density at radius 1 is 1.29 bits per heavy atom. The first-order valence-electron chi connectivity index (χ1n) is 7.07. The standard InChI is InChI=1S/C15H20N2O4/c1-20-13-7-6-11(9-16-17-10-15(18)19)8-14(13)21-12-4-2-3-5-12/h6-8,12H,2-5,9-10H2,1H3,(H,18,19). The molecule has 0 aromatic heterocycles. The molecule has 1 aliphatic rings. The smallest absolute Gasteiger partial charge is 0.327 e. The number of carboxylic acids is 1. The quantitative estimate of drug-likeness (QED) is 0.783. The molecule has 0 aliphatic heterocycles. The van der Waals surface area contributed by atoms with Crippen LogP contribution < -0.4 is 9.47 Å². The Morgan fingerprint density at radius 3 is 2.71 bits per heavy atom. The molecule has 0 bridgehead atoms. The molecular weight excluding hydrogens is 272 g/mol. The van der Waals surface area contributed by atoms with E-state index >= 15 is 0 Å². The summed E-state index contributed by atoms with van der Waals surface area (Å²) in [6, 6.07) is 5.60. The van der Waals surface area contributed by atoms with Gasteiger partial charge < -0.3 is 14.6 Å². The first-order chi connectivity index (χ1) is 10.2. The molecule has 0 atom stereocenters. The zero-order valence-corrected chi connectivity index (χ0v) is 12.1. The highest BCUT2D eigenvalue weighted by Crippen LogP contribution is 2.32. The minimum atomic E-state index is -0.987. The Labute approximate surface area is 123 Å². The first-order valence-corrected chi connectivity index (χ1v) is 7.07. The predicted molar refractivity (Wildman–Crippen MR) is 76.9 cm³/mol. The van der Waals surface area contributed by atoms with Crippen LogP contribution in [-0.4, -0.2) is 30.8 Å². The largest absolute Gasteiger partial charge is 0.493 e. The third-order valence-corrected chi connectivity index (χ3v) is 3.38. The van der Waals surface area contributed by atoms with E-state index in [0.717, 1.165) is 24.2 Å². The van der Waals surface area contributed by atoms with E-state index in [-0.39, 0.29) is 12.6 Å². The molecule has 21 heavy (non-hydrogen) atoms. The molecule has 6 nitrogen and oxygen atoms in total. The van der Waals surface area contributed by atoms with Gasteiger partial charge in [-0.05, 0) is 43.4 Å². The second-order valence-electron chi connectivity index (χ2n) is 5.00. The van der Waals surface area contributed by atoms with Crippen LogP contribution in [0.3, 0.4) is 0 Å². The number of hydrogen-bond acceptors (Lipinski definition) is 5. The Hall–Kier alpha value is -2.11. The summed E-state index contributed by atoms with van der Waals surface area (Å²) in [5, 5.41) is 15.9. The van der Waals surface area contributed by atoms with Crippen molar-refractivity contribution in [3.63, 3.8) is 0 Å². The molecule has 1 aromatic rings. The number of ether oxygens (including phenoxy) is 2. The van der Waals surface area contributed by atoms with Crippen LogP contribution in [0.1, 0.15) is 31.2 Å². The third-order valence-electron chi connectivity index (χ3n) is 3.38. The summed E-state index contributed by atoms with van der Waals surface area (Å²) in [4.78, 5) is 10.4. The van der Waals surface area contributed by atoms with Crippen LogP contribution in [0, 0.1) is 0 Å². The molecule has 0 spiro atoms. The Balaban J connectivity index is 2.01. The zero-order valence-electron chi connectivity index (χ0n) is 12.1. The van der Waals surface area contributed by atoms with E-state index in [1.54, 1.807) is 7.11 Å². The van der Waals surface area contributed by atoms with Crippen LogP contribution in [0.2, 0.25) is 0 Å². The maximum Gasteiger partial charge on any atom is 0.327 e. The van der Waals surface area contributed by atoms with Gasteiger partial charge in [0.15, 0.2) is 18.0 Å². The molecular formula is C15H20N2O4. The monoisotopic (exact) mass is 292 g/mol. The average molecular weight is 292 g/mol.